The molecule has 19 heavy (non-hydrogen) atoms. The molecule has 2 aromatic rings. The second-order valence-corrected chi connectivity index (χ2v) is 4.23. The van der Waals surface area contributed by atoms with Crippen LogP contribution in [0.5, 0.6) is 0 Å². The number of rotatable bonds is 6. The summed E-state index contributed by atoms with van der Waals surface area (Å²) in [5, 5.41) is 7.31. The van der Waals surface area contributed by atoms with E-state index in [-0.39, 0.29) is 5.84 Å². The van der Waals surface area contributed by atoms with Crippen LogP contribution in [0.25, 0.3) is 0 Å². The Morgan fingerprint density at radius 3 is 2.58 bits per heavy atom. The number of pyridine rings is 1. The van der Waals surface area contributed by atoms with Crippen LogP contribution in [0.15, 0.2) is 48.7 Å². The van der Waals surface area contributed by atoms with Crippen molar-refractivity contribution < 1.29 is 4.74 Å². The standard InChI is InChI=1S/C15H17N3O/c16-15(17)13-6-4-12(5-7-13)11-19-10-8-14-3-1-2-9-18-14/h1-7,9H,8,10-11H2,(H3,16,17). The first-order valence-electron chi connectivity index (χ1n) is 6.16. The third-order valence-electron chi connectivity index (χ3n) is 2.76. The summed E-state index contributed by atoms with van der Waals surface area (Å²) in [4.78, 5) is 4.24. The highest BCUT2D eigenvalue weighted by atomic mass is 16.5. The number of ether oxygens (including phenoxy) is 1. The molecule has 0 saturated carbocycles. The number of nitrogen functional groups attached to an aromatic ring is 1. The lowest BCUT2D eigenvalue weighted by atomic mass is 10.1. The molecule has 2 rings (SSSR count). The lowest BCUT2D eigenvalue weighted by Crippen LogP contribution is -2.10. The van der Waals surface area contributed by atoms with Gasteiger partial charge in [-0.2, -0.15) is 0 Å². The molecule has 0 spiro atoms. The zero-order valence-electron chi connectivity index (χ0n) is 10.7. The van der Waals surface area contributed by atoms with Gasteiger partial charge in [0.1, 0.15) is 5.84 Å². The minimum Gasteiger partial charge on any atom is -0.384 e. The molecule has 0 radical (unpaired) electrons. The molecule has 0 aliphatic heterocycles. The number of benzene rings is 1. The molecule has 1 aromatic carbocycles. The van der Waals surface area contributed by atoms with Gasteiger partial charge in [0, 0.05) is 23.9 Å². The van der Waals surface area contributed by atoms with Gasteiger partial charge in [0.2, 0.25) is 0 Å². The first kappa shape index (κ1) is 13.2. The van der Waals surface area contributed by atoms with Gasteiger partial charge in [-0.3, -0.25) is 10.4 Å². The molecule has 98 valence electrons. The molecule has 3 N–H and O–H groups in total. The van der Waals surface area contributed by atoms with Crippen LogP contribution in [0.3, 0.4) is 0 Å². The molecule has 1 aromatic heterocycles. The Hall–Kier alpha value is -2.20. The Morgan fingerprint density at radius 1 is 1.16 bits per heavy atom. The van der Waals surface area contributed by atoms with E-state index < -0.39 is 0 Å². The molecule has 4 heteroatoms. The second-order valence-electron chi connectivity index (χ2n) is 4.23. The third-order valence-corrected chi connectivity index (χ3v) is 2.76. The van der Waals surface area contributed by atoms with Crippen molar-refractivity contribution in [2.45, 2.75) is 13.0 Å². The van der Waals surface area contributed by atoms with Gasteiger partial charge in [-0.1, -0.05) is 30.3 Å². The maximum atomic E-state index is 7.31. The van der Waals surface area contributed by atoms with Crippen molar-refractivity contribution in [3.8, 4) is 0 Å². The highest BCUT2D eigenvalue weighted by Crippen LogP contribution is 2.05. The van der Waals surface area contributed by atoms with Crippen LogP contribution in [-0.4, -0.2) is 17.4 Å². The van der Waals surface area contributed by atoms with E-state index in [1.165, 1.54) is 0 Å². The smallest absolute Gasteiger partial charge is 0.122 e. The molecule has 0 unspecified atom stereocenters. The first-order valence-corrected chi connectivity index (χ1v) is 6.16. The van der Waals surface area contributed by atoms with Crippen LogP contribution in [-0.2, 0) is 17.8 Å². The summed E-state index contributed by atoms with van der Waals surface area (Å²) in [6.07, 6.45) is 2.60. The SMILES string of the molecule is N=C(N)c1ccc(COCCc2ccccn2)cc1. The molecule has 0 bridgehead atoms. The maximum absolute atomic E-state index is 7.31. The van der Waals surface area contributed by atoms with Gasteiger partial charge in [-0.05, 0) is 17.7 Å². The molecular formula is C15H17N3O. The fourth-order valence-electron chi connectivity index (χ4n) is 1.69. The lowest BCUT2D eigenvalue weighted by Gasteiger charge is -2.05. The number of amidine groups is 1. The van der Waals surface area contributed by atoms with Gasteiger partial charge >= 0.3 is 0 Å². The highest BCUT2D eigenvalue weighted by Gasteiger charge is 1.98. The zero-order valence-corrected chi connectivity index (χ0v) is 10.7. The molecule has 4 nitrogen and oxygen atoms in total. The van der Waals surface area contributed by atoms with E-state index in [9.17, 15) is 0 Å². The maximum Gasteiger partial charge on any atom is 0.122 e. The van der Waals surface area contributed by atoms with Crippen molar-refractivity contribution >= 4 is 5.84 Å². The molecular weight excluding hydrogens is 238 g/mol. The Labute approximate surface area is 112 Å². The minimum absolute atomic E-state index is 0.0858. The van der Waals surface area contributed by atoms with Gasteiger partial charge in [0.15, 0.2) is 0 Å². The van der Waals surface area contributed by atoms with Crippen molar-refractivity contribution in [1.82, 2.24) is 4.98 Å². The van der Waals surface area contributed by atoms with E-state index in [1.807, 2.05) is 42.5 Å². The van der Waals surface area contributed by atoms with E-state index in [4.69, 9.17) is 15.9 Å². The summed E-state index contributed by atoms with van der Waals surface area (Å²) in [6, 6.07) is 13.4. The molecule has 0 atom stereocenters. The van der Waals surface area contributed by atoms with E-state index in [0.29, 0.717) is 13.2 Å². The number of hydrogen-bond acceptors (Lipinski definition) is 3. The molecule has 0 saturated heterocycles. The zero-order chi connectivity index (χ0) is 13.5. The quantitative estimate of drug-likeness (QED) is 0.472. The van der Waals surface area contributed by atoms with E-state index >= 15 is 0 Å². The van der Waals surface area contributed by atoms with E-state index in [1.54, 1.807) is 6.20 Å². The summed E-state index contributed by atoms with van der Waals surface area (Å²) in [6.45, 7) is 1.20. The van der Waals surface area contributed by atoms with Gasteiger partial charge in [0.05, 0.1) is 13.2 Å². The highest BCUT2D eigenvalue weighted by molar-refractivity contribution is 5.94. The fourth-order valence-corrected chi connectivity index (χ4v) is 1.69. The van der Waals surface area contributed by atoms with Crippen LogP contribution in [0.4, 0.5) is 0 Å². The lowest BCUT2D eigenvalue weighted by molar-refractivity contribution is 0.123. The summed E-state index contributed by atoms with van der Waals surface area (Å²) >= 11 is 0. The largest absolute Gasteiger partial charge is 0.384 e. The molecule has 0 aliphatic carbocycles. The van der Waals surface area contributed by atoms with Crippen LogP contribution in [0.2, 0.25) is 0 Å². The fraction of sp³-hybridized carbons (Fsp3) is 0.200. The number of nitrogens with one attached hydrogen (secondary N) is 1. The van der Waals surface area contributed by atoms with Crippen LogP contribution in [0, 0.1) is 5.41 Å². The Balaban J connectivity index is 1.75. The molecule has 0 amide bonds. The van der Waals surface area contributed by atoms with Crippen molar-refractivity contribution in [2.24, 2.45) is 5.73 Å². The minimum atomic E-state index is 0.0858. The van der Waals surface area contributed by atoms with Gasteiger partial charge in [-0.15, -0.1) is 0 Å². The van der Waals surface area contributed by atoms with Gasteiger partial charge < -0.3 is 10.5 Å². The Bertz CT molecular complexity index is 523. The average Bonchev–Trinajstić information content (AvgIpc) is 2.45. The summed E-state index contributed by atoms with van der Waals surface area (Å²) in [5.41, 5.74) is 8.24. The van der Waals surface area contributed by atoms with Crippen molar-refractivity contribution in [1.29, 1.82) is 5.41 Å². The van der Waals surface area contributed by atoms with E-state index in [2.05, 4.69) is 4.98 Å². The summed E-state index contributed by atoms with van der Waals surface area (Å²) < 4.78 is 5.60. The van der Waals surface area contributed by atoms with Gasteiger partial charge in [0.25, 0.3) is 0 Å². The number of aromatic nitrogens is 1. The van der Waals surface area contributed by atoms with Crippen LogP contribution >= 0.6 is 0 Å². The number of nitrogens with zero attached hydrogens (tertiary/aromatic N) is 1. The van der Waals surface area contributed by atoms with Crippen molar-refractivity contribution in [2.75, 3.05) is 6.61 Å². The number of nitrogens with two attached hydrogens (primary N) is 1. The monoisotopic (exact) mass is 255 g/mol. The number of hydrogen-bond donors (Lipinski definition) is 2. The first-order chi connectivity index (χ1) is 9.25. The van der Waals surface area contributed by atoms with Crippen LogP contribution < -0.4 is 5.73 Å². The normalized spacial score (nSPS) is 10.3. The predicted molar refractivity (Wildman–Crippen MR) is 75.1 cm³/mol. The molecule has 1 heterocycles. The van der Waals surface area contributed by atoms with Crippen molar-refractivity contribution in [3.05, 3.63) is 65.5 Å². The predicted octanol–water partition coefficient (Wildman–Crippen LogP) is 2.12. The third kappa shape index (κ3) is 4.19. The van der Waals surface area contributed by atoms with Gasteiger partial charge in [-0.25, -0.2) is 0 Å². The second kappa shape index (κ2) is 6.66. The average molecular weight is 255 g/mol. The van der Waals surface area contributed by atoms with Crippen molar-refractivity contribution in [3.63, 3.8) is 0 Å². The summed E-state index contributed by atoms with van der Waals surface area (Å²) in [5.74, 6) is 0.0858. The Morgan fingerprint density at radius 2 is 1.95 bits per heavy atom. The topological polar surface area (TPSA) is 72.0 Å². The van der Waals surface area contributed by atoms with Crippen LogP contribution in [0.1, 0.15) is 16.8 Å². The molecule has 0 fully saturated rings. The van der Waals surface area contributed by atoms with E-state index in [0.717, 1.165) is 23.2 Å². The summed E-state index contributed by atoms with van der Waals surface area (Å²) in [7, 11) is 0. The Kier molecular flexibility index (Phi) is 4.64. The molecule has 0 aliphatic rings.